The van der Waals surface area contributed by atoms with Crippen LogP contribution in [0.25, 0.3) is 10.6 Å². The molecule has 0 spiro atoms. The van der Waals surface area contributed by atoms with Crippen LogP contribution in [-0.4, -0.2) is 4.98 Å². The molecule has 1 aromatic heterocycles. The van der Waals surface area contributed by atoms with Crippen LogP contribution in [0.15, 0.2) is 28.7 Å². The molecule has 0 aliphatic heterocycles. The van der Waals surface area contributed by atoms with Crippen molar-refractivity contribution in [1.29, 1.82) is 0 Å². The van der Waals surface area contributed by atoms with Crippen LogP contribution in [0.4, 0.5) is 0 Å². The fourth-order valence-corrected chi connectivity index (χ4v) is 3.24. The van der Waals surface area contributed by atoms with E-state index in [1.54, 1.807) is 11.3 Å². The van der Waals surface area contributed by atoms with Gasteiger partial charge in [-0.05, 0) is 19.9 Å². The molecule has 1 aromatic carbocycles. The Bertz CT molecular complexity index is 505. The lowest BCUT2D eigenvalue weighted by atomic mass is 10.2. The Labute approximate surface area is 108 Å². The maximum Gasteiger partial charge on any atom is 0.125 e. The average Bonchev–Trinajstić information content (AvgIpc) is 2.61. The molecular formula is C12H13BrN2S. The van der Waals surface area contributed by atoms with E-state index in [2.05, 4.69) is 27.0 Å². The molecule has 1 atom stereocenters. The van der Waals surface area contributed by atoms with Crippen LogP contribution in [0.2, 0.25) is 0 Å². The third-order valence-corrected chi connectivity index (χ3v) is 4.43. The molecule has 4 heteroatoms. The molecule has 2 aromatic rings. The molecule has 0 amide bonds. The van der Waals surface area contributed by atoms with Gasteiger partial charge in [-0.3, -0.25) is 0 Å². The highest BCUT2D eigenvalue weighted by molar-refractivity contribution is 9.10. The van der Waals surface area contributed by atoms with Gasteiger partial charge < -0.3 is 5.73 Å². The van der Waals surface area contributed by atoms with Gasteiger partial charge in [0.15, 0.2) is 0 Å². The number of hydrogen-bond acceptors (Lipinski definition) is 3. The Morgan fingerprint density at radius 3 is 2.62 bits per heavy atom. The van der Waals surface area contributed by atoms with Gasteiger partial charge in [0.05, 0.1) is 5.69 Å². The minimum Gasteiger partial charge on any atom is -0.323 e. The zero-order valence-corrected chi connectivity index (χ0v) is 11.6. The van der Waals surface area contributed by atoms with Crippen molar-refractivity contribution in [3.05, 3.63) is 39.3 Å². The Balaban J connectivity index is 2.50. The molecule has 0 radical (unpaired) electrons. The summed E-state index contributed by atoms with van der Waals surface area (Å²) in [5.74, 6) is 0. The van der Waals surface area contributed by atoms with Gasteiger partial charge in [0.2, 0.25) is 0 Å². The van der Waals surface area contributed by atoms with E-state index in [0.29, 0.717) is 0 Å². The maximum atomic E-state index is 5.90. The Morgan fingerprint density at radius 2 is 2.06 bits per heavy atom. The molecule has 16 heavy (non-hydrogen) atoms. The van der Waals surface area contributed by atoms with Crippen molar-refractivity contribution in [2.45, 2.75) is 19.9 Å². The van der Waals surface area contributed by atoms with Gasteiger partial charge in [-0.2, -0.15) is 0 Å². The molecule has 84 valence electrons. The number of nitrogens with two attached hydrogens (primary N) is 1. The number of halogens is 1. The Hall–Kier alpha value is -0.710. The van der Waals surface area contributed by atoms with Crippen molar-refractivity contribution in [2.75, 3.05) is 0 Å². The lowest BCUT2D eigenvalue weighted by molar-refractivity contribution is 0.825. The van der Waals surface area contributed by atoms with Gasteiger partial charge in [0, 0.05) is 21.0 Å². The quantitative estimate of drug-likeness (QED) is 0.913. The lowest BCUT2D eigenvalue weighted by Gasteiger charge is -2.00. The number of rotatable bonds is 2. The maximum absolute atomic E-state index is 5.90. The molecule has 0 aliphatic rings. The van der Waals surface area contributed by atoms with Gasteiger partial charge in [-0.25, -0.2) is 4.98 Å². The minimum atomic E-state index is 0.0498. The molecule has 2 N–H and O–H groups in total. The summed E-state index contributed by atoms with van der Waals surface area (Å²) < 4.78 is 1.07. The second-order valence-electron chi connectivity index (χ2n) is 3.74. The van der Waals surface area contributed by atoms with Gasteiger partial charge >= 0.3 is 0 Å². The highest BCUT2D eigenvalue weighted by atomic mass is 79.9. The van der Waals surface area contributed by atoms with Crippen molar-refractivity contribution in [2.24, 2.45) is 5.73 Å². The highest BCUT2D eigenvalue weighted by Crippen LogP contribution is 2.34. The largest absolute Gasteiger partial charge is 0.323 e. The van der Waals surface area contributed by atoms with E-state index < -0.39 is 0 Å². The summed E-state index contributed by atoms with van der Waals surface area (Å²) in [6.45, 7) is 4.00. The third-order valence-electron chi connectivity index (χ3n) is 2.35. The summed E-state index contributed by atoms with van der Waals surface area (Å²) in [7, 11) is 0. The molecule has 0 fully saturated rings. The first-order valence-corrected chi connectivity index (χ1v) is 6.68. The number of aryl methyl sites for hydroxylation is 1. The van der Waals surface area contributed by atoms with E-state index in [-0.39, 0.29) is 6.04 Å². The van der Waals surface area contributed by atoms with Crippen molar-refractivity contribution < 1.29 is 0 Å². The van der Waals surface area contributed by atoms with Crippen LogP contribution in [-0.2, 0) is 0 Å². The van der Waals surface area contributed by atoms with Gasteiger partial charge in [0.25, 0.3) is 0 Å². The molecule has 0 aliphatic carbocycles. The first kappa shape index (κ1) is 11.8. The third kappa shape index (κ3) is 2.19. The van der Waals surface area contributed by atoms with Crippen LogP contribution in [0, 0.1) is 6.92 Å². The molecular weight excluding hydrogens is 284 g/mol. The second kappa shape index (κ2) is 4.65. The molecule has 0 bridgehead atoms. The van der Waals surface area contributed by atoms with Crippen molar-refractivity contribution in [3.8, 4) is 10.6 Å². The zero-order chi connectivity index (χ0) is 11.7. The van der Waals surface area contributed by atoms with Crippen molar-refractivity contribution >= 4 is 27.3 Å². The summed E-state index contributed by atoms with van der Waals surface area (Å²) in [4.78, 5) is 5.73. The Morgan fingerprint density at radius 1 is 1.38 bits per heavy atom. The average molecular weight is 297 g/mol. The SMILES string of the molecule is Cc1nc(-c2ccccc2Br)sc1[C@@H](C)N. The summed E-state index contributed by atoms with van der Waals surface area (Å²) >= 11 is 5.21. The number of aromatic nitrogens is 1. The second-order valence-corrected chi connectivity index (χ2v) is 5.62. The van der Waals surface area contributed by atoms with E-state index in [1.165, 1.54) is 0 Å². The minimum absolute atomic E-state index is 0.0498. The number of benzene rings is 1. The first-order valence-electron chi connectivity index (χ1n) is 5.07. The molecule has 0 unspecified atom stereocenters. The van der Waals surface area contributed by atoms with Gasteiger partial charge in [-0.1, -0.05) is 34.1 Å². The fraction of sp³-hybridized carbons (Fsp3) is 0.250. The standard InChI is InChI=1S/C12H13BrN2S/c1-7(14)11-8(2)15-12(16-11)9-5-3-4-6-10(9)13/h3-7H,14H2,1-2H3/t7-/m1/s1. The summed E-state index contributed by atoms with van der Waals surface area (Å²) in [5.41, 5.74) is 8.06. The van der Waals surface area contributed by atoms with Crippen LogP contribution >= 0.6 is 27.3 Å². The lowest BCUT2D eigenvalue weighted by Crippen LogP contribution is -2.03. The van der Waals surface area contributed by atoms with E-state index in [4.69, 9.17) is 5.73 Å². The van der Waals surface area contributed by atoms with Crippen molar-refractivity contribution in [1.82, 2.24) is 4.98 Å². The highest BCUT2D eigenvalue weighted by Gasteiger charge is 2.13. The predicted molar refractivity (Wildman–Crippen MR) is 72.6 cm³/mol. The number of nitrogens with zero attached hydrogens (tertiary/aromatic N) is 1. The summed E-state index contributed by atoms with van der Waals surface area (Å²) in [6, 6.07) is 8.15. The fourth-order valence-electron chi connectivity index (χ4n) is 1.58. The first-order chi connectivity index (χ1) is 7.59. The Kier molecular flexibility index (Phi) is 3.42. The normalized spacial score (nSPS) is 12.8. The van der Waals surface area contributed by atoms with Gasteiger partial charge in [-0.15, -0.1) is 11.3 Å². The predicted octanol–water partition coefficient (Wildman–Crippen LogP) is 3.90. The molecule has 2 nitrogen and oxygen atoms in total. The van der Waals surface area contributed by atoms with E-state index in [1.807, 2.05) is 32.0 Å². The smallest absolute Gasteiger partial charge is 0.125 e. The van der Waals surface area contributed by atoms with E-state index >= 15 is 0 Å². The van der Waals surface area contributed by atoms with E-state index in [9.17, 15) is 0 Å². The van der Waals surface area contributed by atoms with Crippen LogP contribution < -0.4 is 5.73 Å². The van der Waals surface area contributed by atoms with E-state index in [0.717, 1.165) is 25.6 Å². The molecule has 0 saturated carbocycles. The number of hydrogen-bond donors (Lipinski definition) is 1. The summed E-state index contributed by atoms with van der Waals surface area (Å²) in [5, 5.41) is 1.03. The molecule has 2 rings (SSSR count). The number of thiazole rings is 1. The zero-order valence-electron chi connectivity index (χ0n) is 9.20. The van der Waals surface area contributed by atoms with Crippen LogP contribution in [0.1, 0.15) is 23.5 Å². The summed E-state index contributed by atoms with van der Waals surface area (Å²) in [6.07, 6.45) is 0. The monoisotopic (exact) mass is 296 g/mol. The molecule has 0 saturated heterocycles. The van der Waals surface area contributed by atoms with Crippen LogP contribution in [0.3, 0.4) is 0 Å². The topological polar surface area (TPSA) is 38.9 Å². The van der Waals surface area contributed by atoms with Crippen LogP contribution in [0.5, 0.6) is 0 Å². The molecule has 1 heterocycles. The van der Waals surface area contributed by atoms with Gasteiger partial charge in [0.1, 0.15) is 5.01 Å². The van der Waals surface area contributed by atoms with Crippen molar-refractivity contribution in [3.63, 3.8) is 0 Å².